The van der Waals surface area contributed by atoms with Gasteiger partial charge >= 0.3 is 5.97 Å². The lowest BCUT2D eigenvalue weighted by Gasteiger charge is -2.25. The van der Waals surface area contributed by atoms with Crippen molar-refractivity contribution in [3.63, 3.8) is 0 Å². The van der Waals surface area contributed by atoms with Gasteiger partial charge in [-0.05, 0) is 36.8 Å². The van der Waals surface area contributed by atoms with Crippen LogP contribution in [0.3, 0.4) is 0 Å². The van der Waals surface area contributed by atoms with Gasteiger partial charge in [-0.3, -0.25) is 0 Å². The predicted molar refractivity (Wildman–Crippen MR) is 99.0 cm³/mol. The highest BCUT2D eigenvalue weighted by molar-refractivity contribution is 7.89. The first-order valence-corrected chi connectivity index (χ1v) is 10.7. The zero-order valence-corrected chi connectivity index (χ0v) is 16.1. The molecule has 1 aliphatic heterocycles. The maximum atomic E-state index is 13.2. The van der Waals surface area contributed by atoms with Gasteiger partial charge in [0.15, 0.2) is 0 Å². The van der Waals surface area contributed by atoms with Gasteiger partial charge in [0.05, 0.1) is 6.10 Å². The molecule has 1 fully saturated rings. The number of hydrogen-bond acceptors (Lipinski definition) is 5. The molecule has 6 nitrogen and oxygen atoms in total. The average molecular weight is 396 g/mol. The Morgan fingerprint density at radius 2 is 2.19 bits per heavy atom. The summed E-state index contributed by atoms with van der Waals surface area (Å²) in [5.41, 5.74) is 1.90. The Kier molecular flexibility index (Phi) is 5.76. The van der Waals surface area contributed by atoms with Gasteiger partial charge in [0.2, 0.25) is 10.0 Å². The van der Waals surface area contributed by atoms with E-state index in [0.717, 1.165) is 35.3 Å². The molecule has 3 rings (SSSR count). The highest BCUT2D eigenvalue weighted by Crippen LogP contribution is 2.28. The fourth-order valence-electron chi connectivity index (χ4n) is 3.07. The van der Waals surface area contributed by atoms with E-state index in [4.69, 9.17) is 4.74 Å². The molecule has 0 amide bonds. The summed E-state index contributed by atoms with van der Waals surface area (Å²) in [5, 5.41) is 10.8. The summed E-state index contributed by atoms with van der Waals surface area (Å²) in [5.74, 6) is -1.23. The van der Waals surface area contributed by atoms with Crippen molar-refractivity contribution < 1.29 is 23.1 Å². The van der Waals surface area contributed by atoms with E-state index in [1.54, 1.807) is 0 Å². The molecule has 1 saturated heterocycles. The summed E-state index contributed by atoms with van der Waals surface area (Å²) >= 11 is 0.917. The summed E-state index contributed by atoms with van der Waals surface area (Å²) in [7, 11) is -3.95. The molecule has 1 unspecified atom stereocenters. The lowest BCUT2D eigenvalue weighted by atomic mass is 10.1. The highest BCUT2D eigenvalue weighted by Gasteiger charge is 2.33. The van der Waals surface area contributed by atoms with Gasteiger partial charge in [-0.2, -0.15) is 4.31 Å². The first-order valence-electron chi connectivity index (χ1n) is 8.36. The van der Waals surface area contributed by atoms with Crippen LogP contribution in [0.5, 0.6) is 0 Å². The normalized spacial score (nSPS) is 17.7. The van der Waals surface area contributed by atoms with E-state index < -0.39 is 16.0 Å². The van der Waals surface area contributed by atoms with Gasteiger partial charge in [0, 0.05) is 19.7 Å². The van der Waals surface area contributed by atoms with Crippen LogP contribution in [-0.2, 0) is 21.3 Å². The Balaban J connectivity index is 1.95. The minimum absolute atomic E-state index is 0.152. The number of rotatable bonds is 7. The van der Waals surface area contributed by atoms with Crippen LogP contribution in [0.2, 0.25) is 0 Å². The molecule has 140 valence electrons. The molecular weight excluding hydrogens is 374 g/mol. The number of benzene rings is 1. The van der Waals surface area contributed by atoms with Crippen molar-refractivity contribution in [1.29, 1.82) is 0 Å². The average Bonchev–Trinajstić information content (AvgIpc) is 3.26. The van der Waals surface area contributed by atoms with E-state index in [1.807, 2.05) is 31.2 Å². The maximum absolute atomic E-state index is 13.2. The van der Waals surface area contributed by atoms with Gasteiger partial charge < -0.3 is 9.84 Å². The van der Waals surface area contributed by atoms with Crippen molar-refractivity contribution in [3.05, 3.63) is 51.7 Å². The third kappa shape index (κ3) is 4.15. The number of aryl methyl sites for hydroxylation is 1. The van der Waals surface area contributed by atoms with Crippen LogP contribution in [0.15, 0.2) is 40.6 Å². The number of sulfonamides is 1. The van der Waals surface area contributed by atoms with Crippen LogP contribution in [-0.4, -0.2) is 43.1 Å². The van der Waals surface area contributed by atoms with Gasteiger partial charge in [-0.1, -0.05) is 29.8 Å². The Morgan fingerprint density at radius 3 is 2.85 bits per heavy atom. The molecule has 0 aliphatic carbocycles. The molecule has 8 heteroatoms. The molecule has 2 heterocycles. The largest absolute Gasteiger partial charge is 0.477 e. The van der Waals surface area contributed by atoms with E-state index >= 15 is 0 Å². The van der Waals surface area contributed by atoms with E-state index in [0.29, 0.717) is 6.61 Å². The van der Waals surface area contributed by atoms with Crippen molar-refractivity contribution in [3.8, 4) is 0 Å². The molecule has 1 atom stereocenters. The molecule has 0 radical (unpaired) electrons. The maximum Gasteiger partial charge on any atom is 0.347 e. The van der Waals surface area contributed by atoms with Gasteiger partial charge in [-0.25, -0.2) is 13.2 Å². The number of ether oxygens (including phenoxy) is 1. The van der Waals surface area contributed by atoms with E-state index in [1.165, 1.54) is 15.8 Å². The second kappa shape index (κ2) is 7.87. The Labute approximate surface area is 157 Å². The minimum atomic E-state index is -3.95. The van der Waals surface area contributed by atoms with Crippen molar-refractivity contribution in [2.24, 2.45) is 0 Å². The number of carbonyl (C=O) groups is 1. The molecule has 0 bridgehead atoms. The van der Waals surface area contributed by atoms with Gasteiger partial charge in [0.1, 0.15) is 9.77 Å². The van der Waals surface area contributed by atoms with Crippen LogP contribution >= 0.6 is 11.3 Å². The lowest BCUT2D eigenvalue weighted by molar-refractivity contribution is 0.0698. The Hall–Kier alpha value is -1.74. The van der Waals surface area contributed by atoms with Crippen molar-refractivity contribution in [2.45, 2.75) is 37.3 Å². The van der Waals surface area contributed by atoms with Crippen molar-refractivity contribution in [2.75, 3.05) is 13.2 Å². The SMILES string of the molecule is Cc1cccc(CN(CC2CCCO2)S(=O)(=O)c2ccsc2C(=O)O)c1. The standard InChI is InChI=1S/C18H21NO5S2/c1-13-4-2-5-14(10-13)11-19(12-15-6-3-8-24-15)26(22,23)16-7-9-25-17(16)18(20)21/h2,4-5,7,9-10,15H,3,6,8,11-12H2,1H3,(H,20,21). The van der Waals surface area contributed by atoms with Crippen LogP contribution in [0.25, 0.3) is 0 Å². The molecule has 1 N–H and O–H groups in total. The second-order valence-electron chi connectivity index (χ2n) is 6.34. The van der Waals surface area contributed by atoms with Gasteiger partial charge in [0.25, 0.3) is 0 Å². The molecule has 1 aromatic carbocycles. The second-order valence-corrected chi connectivity index (χ2v) is 9.16. The molecule has 0 spiro atoms. The molecule has 1 aliphatic rings. The van der Waals surface area contributed by atoms with Gasteiger partial charge in [-0.15, -0.1) is 11.3 Å². The number of hydrogen-bond donors (Lipinski definition) is 1. The number of carboxylic acid groups (broad SMARTS) is 1. The summed E-state index contributed by atoms with van der Waals surface area (Å²) < 4.78 is 33.4. The quantitative estimate of drug-likeness (QED) is 0.779. The smallest absolute Gasteiger partial charge is 0.347 e. The van der Waals surface area contributed by atoms with Crippen LogP contribution in [0.1, 0.15) is 33.6 Å². The zero-order chi connectivity index (χ0) is 18.7. The summed E-state index contributed by atoms with van der Waals surface area (Å²) in [6.07, 6.45) is 1.54. The topological polar surface area (TPSA) is 83.9 Å². The molecule has 2 aromatic rings. The van der Waals surface area contributed by atoms with Crippen molar-refractivity contribution >= 4 is 27.3 Å². The number of aromatic carboxylic acids is 1. The summed E-state index contributed by atoms with van der Waals surface area (Å²) in [6.45, 7) is 2.97. The molecule has 0 saturated carbocycles. The fourth-order valence-corrected chi connectivity index (χ4v) is 5.77. The first-order chi connectivity index (χ1) is 12.4. The fraction of sp³-hybridized carbons (Fsp3) is 0.389. The monoisotopic (exact) mass is 395 g/mol. The third-order valence-electron chi connectivity index (χ3n) is 4.31. The summed E-state index contributed by atoms with van der Waals surface area (Å²) in [4.78, 5) is 11.1. The number of thiophene rings is 1. The number of carboxylic acids is 1. The van der Waals surface area contributed by atoms with E-state index in [9.17, 15) is 18.3 Å². The molecule has 1 aromatic heterocycles. The Morgan fingerprint density at radius 1 is 1.38 bits per heavy atom. The molecule has 26 heavy (non-hydrogen) atoms. The summed E-state index contributed by atoms with van der Waals surface area (Å²) in [6, 6.07) is 9.00. The van der Waals surface area contributed by atoms with Crippen LogP contribution in [0, 0.1) is 6.92 Å². The highest BCUT2D eigenvalue weighted by atomic mass is 32.2. The first kappa shape index (κ1) is 19.0. The minimum Gasteiger partial charge on any atom is -0.477 e. The van der Waals surface area contributed by atoms with E-state index in [2.05, 4.69) is 0 Å². The van der Waals surface area contributed by atoms with Crippen LogP contribution < -0.4 is 0 Å². The Bertz CT molecular complexity index is 884. The van der Waals surface area contributed by atoms with E-state index in [-0.39, 0.29) is 29.0 Å². The molecular formula is C18H21NO5S2. The van der Waals surface area contributed by atoms with Crippen LogP contribution in [0.4, 0.5) is 0 Å². The lowest BCUT2D eigenvalue weighted by Crippen LogP contribution is -2.37. The van der Waals surface area contributed by atoms with Crippen molar-refractivity contribution in [1.82, 2.24) is 4.31 Å². The zero-order valence-electron chi connectivity index (χ0n) is 14.4. The number of nitrogens with zero attached hydrogens (tertiary/aromatic N) is 1. The third-order valence-corrected chi connectivity index (χ3v) is 7.20. The predicted octanol–water partition coefficient (Wildman–Crippen LogP) is 3.12.